The minimum absolute atomic E-state index is 0.00399. The molecule has 6 heteroatoms. The number of hydrogen-bond acceptors (Lipinski definition) is 5. The molecule has 0 bridgehead atoms. The lowest BCUT2D eigenvalue weighted by atomic mass is 10.0. The van der Waals surface area contributed by atoms with Crippen LogP contribution >= 0.6 is 0 Å². The Morgan fingerprint density at radius 1 is 0.391 bits per heavy atom. The monoisotopic (exact) mass is 974 g/mol. The molecule has 0 aromatic rings. The summed E-state index contributed by atoms with van der Waals surface area (Å²) in [7, 11) is 0. The average Bonchev–Trinajstić information content (AvgIpc) is 3.35. The number of hydrogen-bond donors (Lipinski definition) is 3. The van der Waals surface area contributed by atoms with Crippen molar-refractivity contribution < 1.29 is 24.5 Å². The van der Waals surface area contributed by atoms with Gasteiger partial charge in [-0.1, -0.05) is 309 Å². The molecule has 0 rings (SSSR count). The molecule has 0 fully saturated rings. The number of rotatable bonds is 59. The van der Waals surface area contributed by atoms with Gasteiger partial charge in [0.05, 0.1) is 25.4 Å². The number of allylic oxidation sites excluding steroid dienone is 2. The number of aliphatic hydroxyl groups excluding tert-OH is 2. The number of nitrogens with one attached hydrogen (secondary N) is 1. The van der Waals surface area contributed by atoms with E-state index < -0.39 is 12.1 Å². The van der Waals surface area contributed by atoms with Gasteiger partial charge in [0.2, 0.25) is 5.91 Å². The SMILES string of the molecule is CCCC/C=C\CCCCCCCC(=O)OCCCCCCCCCCCCCCCCCCCCCCCCCC(=O)NC(CO)C(O)CCCCCCCCCCCCCCCCCCCC. The van der Waals surface area contributed by atoms with Crippen molar-refractivity contribution in [3.05, 3.63) is 12.2 Å². The fourth-order valence-electron chi connectivity index (χ4n) is 9.98. The van der Waals surface area contributed by atoms with Gasteiger partial charge in [-0.2, -0.15) is 0 Å². The summed E-state index contributed by atoms with van der Waals surface area (Å²) in [5.74, 6) is -0.0270. The number of unbranched alkanes of at least 4 members (excludes halogenated alkanes) is 46. The van der Waals surface area contributed by atoms with E-state index in [0.29, 0.717) is 25.9 Å². The molecule has 0 aliphatic carbocycles. The third-order valence-corrected chi connectivity index (χ3v) is 14.8. The Morgan fingerprint density at radius 3 is 1.07 bits per heavy atom. The normalized spacial score (nSPS) is 12.6. The molecule has 1 amide bonds. The summed E-state index contributed by atoms with van der Waals surface area (Å²) in [4.78, 5) is 24.5. The lowest BCUT2D eigenvalue weighted by molar-refractivity contribution is -0.143. The van der Waals surface area contributed by atoms with Gasteiger partial charge in [0, 0.05) is 12.8 Å². The second-order valence-corrected chi connectivity index (χ2v) is 21.7. The molecular formula is C63H123NO5. The summed E-state index contributed by atoms with van der Waals surface area (Å²) in [6, 6.07) is -0.541. The zero-order valence-corrected chi connectivity index (χ0v) is 46.8. The van der Waals surface area contributed by atoms with Crippen LogP contribution in [0, 0.1) is 0 Å². The number of ether oxygens (including phenoxy) is 1. The van der Waals surface area contributed by atoms with Crippen molar-refractivity contribution in [2.75, 3.05) is 13.2 Å². The number of carbonyl (C=O) groups excluding carboxylic acids is 2. The predicted molar refractivity (Wildman–Crippen MR) is 301 cm³/mol. The lowest BCUT2D eigenvalue weighted by Gasteiger charge is -2.22. The number of carbonyl (C=O) groups is 2. The predicted octanol–water partition coefficient (Wildman–Crippen LogP) is 19.6. The van der Waals surface area contributed by atoms with Crippen LogP contribution in [0.1, 0.15) is 354 Å². The minimum Gasteiger partial charge on any atom is -0.466 e. The van der Waals surface area contributed by atoms with Crippen LogP contribution in [0.15, 0.2) is 12.2 Å². The minimum atomic E-state index is -0.663. The van der Waals surface area contributed by atoms with E-state index in [-0.39, 0.29) is 18.5 Å². The zero-order chi connectivity index (χ0) is 50.0. The van der Waals surface area contributed by atoms with E-state index >= 15 is 0 Å². The van der Waals surface area contributed by atoms with Gasteiger partial charge in [0.1, 0.15) is 0 Å². The molecule has 2 atom stereocenters. The second-order valence-electron chi connectivity index (χ2n) is 21.7. The van der Waals surface area contributed by atoms with Crippen LogP contribution in [0.4, 0.5) is 0 Å². The summed E-state index contributed by atoms with van der Waals surface area (Å²) < 4.78 is 5.46. The molecule has 0 saturated carbocycles. The number of amides is 1. The topological polar surface area (TPSA) is 95.9 Å². The van der Waals surface area contributed by atoms with Crippen molar-refractivity contribution in [1.82, 2.24) is 5.32 Å². The molecule has 0 saturated heterocycles. The van der Waals surface area contributed by atoms with Crippen LogP contribution in [0.3, 0.4) is 0 Å². The van der Waals surface area contributed by atoms with Gasteiger partial charge in [0.25, 0.3) is 0 Å². The first-order valence-electron chi connectivity index (χ1n) is 31.4. The van der Waals surface area contributed by atoms with Crippen LogP contribution < -0.4 is 5.32 Å². The number of aliphatic hydroxyl groups is 2. The highest BCUT2D eigenvalue weighted by Gasteiger charge is 2.20. The lowest BCUT2D eigenvalue weighted by Crippen LogP contribution is -2.45. The maximum Gasteiger partial charge on any atom is 0.305 e. The van der Waals surface area contributed by atoms with Crippen molar-refractivity contribution in [3.63, 3.8) is 0 Å². The molecule has 0 aliphatic heterocycles. The quantitative estimate of drug-likeness (QED) is 0.0321. The van der Waals surface area contributed by atoms with E-state index in [2.05, 4.69) is 31.3 Å². The fraction of sp³-hybridized carbons (Fsp3) is 0.937. The first kappa shape index (κ1) is 67.6. The van der Waals surface area contributed by atoms with Gasteiger partial charge in [-0.15, -0.1) is 0 Å². The Labute approximate surface area is 431 Å². The van der Waals surface area contributed by atoms with Crippen LogP contribution in [0.5, 0.6) is 0 Å². The van der Waals surface area contributed by atoms with Crippen molar-refractivity contribution in [3.8, 4) is 0 Å². The first-order chi connectivity index (χ1) is 34.0. The van der Waals surface area contributed by atoms with Crippen LogP contribution in [0.25, 0.3) is 0 Å². The van der Waals surface area contributed by atoms with Crippen molar-refractivity contribution in [2.45, 2.75) is 366 Å². The molecule has 3 N–H and O–H groups in total. The Hall–Kier alpha value is -1.40. The average molecular weight is 975 g/mol. The van der Waals surface area contributed by atoms with Gasteiger partial charge in [0.15, 0.2) is 0 Å². The van der Waals surface area contributed by atoms with E-state index in [1.54, 1.807) is 0 Å². The van der Waals surface area contributed by atoms with Crippen LogP contribution in [-0.4, -0.2) is 47.4 Å². The maximum absolute atomic E-state index is 12.5. The molecule has 69 heavy (non-hydrogen) atoms. The summed E-state index contributed by atoms with van der Waals surface area (Å²) >= 11 is 0. The standard InChI is InChI=1S/C63H123NO5/c1-3-5-7-9-11-13-15-16-17-18-26-29-32-36-39-43-47-51-55-61(66)60(59-65)64-62(67)56-52-48-44-40-37-33-30-27-24-22-20-19-21-23-25-28-31-34-38-42-46-50-54-58-69-63(68)57-53-49-45-41-35-14-12-10-8-6-4-2/h10,12,60-61,65-66H,3-9,11,13-59H2,1-2H3,(H,64,67)/b12-10-. The second kappa shape index (κ2) is 59.2. The van der Waals surface area contributed by atoms with Gasteiger partial charge in [-0.3, -0.25) is 9.59 Å². The highest BCUT2D eigenvalue weighted by molar-refractivity contribution is 5.76. The molecule has 0 spiro atoms. The molecule has 0 heterocycles. The molecule has 2 unspecified atom stereocenters. The molecule has 6 nitrogen and oxygen atoms in total. The van der Waals surface area contributed by atoms with Gasteiger partial charge >= 0.3 is 5.97 Å². The molecule has 0 aromatic heterocycles. The summed E-state index contributed by atoms with van der Waals surface area (Å²) in [6.45, 7) is 4.94. The van der Waals surface area contributed by atoms with E-state index in [0.717, 1.165) is 44.9 Å². The zero-order valence-electron chi connectivity index (χ0n) is 46.8. The third kappa shape index (κ3) is 55.8. The van der Waals surface area contributed by atoms with E-state index in [4.69, 9.17) is 4.74 Å². The number of esters is 1. The maximum atomic E-state index is 12.5. The fourth-order valence-corrected chi connectivity index (χ4v) is 9.98. The van der Waals surface area contributed by atoms with Crippen LogP contribution in [-0.2, 0) is 14.3 Å². The third-order valence-electron chi connectivity index (χ3n) is 14.8. The highest BCUT2D eigenvalue weighted by atomic mass is 16.5. The molecule has 0 radical (unpaired) electrons. The van der Waals surface area contributed by atoms with Crippen molar-refractivity contribution >= 4 is 11.9 Å². The molecule has 410 valence electrons. The summed E-state index contributed by atoms with van der Waals surface area (Å²) in [5.41, 5.74) is 0. The van der Waals surface area contributed by atoms with Gasteiger partial charge in [-0.25, -0.2) is 0 Å². The Bertz CT molecular complexity index is 1030. The molecule has 0 aromatic carbocycles. The largest absolute Gasteiger partial charge is 0.466 e. The van der Waals surface area contributed by atoms with Gasteiger partial charge < -0.3 is 20.3 Å². The first-order valence-corrected chi connectivity index (χ1v) is 31.4. The van der Waals surface area contributed by atoms with E-state index in [1.807, 2.05) is 0 Å². The summed E-state index contributed by atoms with van der Waals surface area (Å²) in [6.07, 6.45) is 70.8. The van der Waals surface area contributed by atoms with Crippen molar-refractivity contribution in [1.29, 1.82) is 0 Å². The highest BCUT2D eigenvalue weighted by Crippen LogP contribution is 2.18. The van der Waals surface area contributed by atoms with E-state index in [9.17, 15) is 19.8 Å². The Kier molecular flexibility index (Phi) is 58.0. The van der Waals surface area contributed by atoms with Gasteiger partial charge in [-0.05, 0) is 44.9 Å². The Balaban J connectivity index is 3.37. The van der Waals surface area contributed by atoms with Crippen molar-refractivity contribution in [2.24, 2.45) is 0 Å². The molecule has 0 aliphatic rings. The summed E-state index contributed by atoms with van der Waals surface area (Å²) in [5, 5.41) is 23.4. The Morgan fingerprint density at radius 2 is 0.696 bits per heavy atom. The molecular weight excluding hydrogens is 851 g/mol. The van der Waals surface area contributed by atoms with E-state index in [1.165, 1.54) is 276 Å². The smallest absolute Gasteiger partial charge is 0.305 e. The van der Waals surface area contributed by atoms with Crippen LogP contribution in [0.2, 0.25) is 0 Å².